The molecule has 1 amide bonds. The molecule has 7 rings (SSSR count). The van der Waals surface area contributed by atoms with Crippen molar-refractivity contribution in [3.8, 4) is 0 Å². The van der Waals surface area contributed by atoms with Gasteiger partial charge in [-0.05, 0) is 137 Å². The molecule has 30 heteroatoms. The van der Waals surface area contributed by atoms with E-state index in [4.69, 9.17) is 18.9 Å². The van der Waals surface area contributed by atoms with Gasteiger partial charge in [0.25, 0.3) is 26.1 Å². The Morgan fingerprint density at radius 1 is 0.660 bits per heavy atom. The fourth-order valence-electron chi connectivity index (χ4n) is 11.7. The van der Waals surface area contributed by atoms with Gasteiger partial charge in [0.1, 0.15) is 22.4 Å². The molecule has 22 nitrogen and oxygen atoms in total. The van der Waals surface area contributed by atoms with E-state index in [1.807, 2.05) is 70.1 Å². The van der Waals surface area contributed by atoms with Crippen LogP contribution in [0.2, 0.25) is 0 Å². The molecule has 0 saturated carbocycles. The number of carbonyl (C=O) groups excluding carboxylic acids is 3. The number of hydrogen-bond donors (Lipinski definition) is 3. The fraction of sp³-hybridized carbons (Fsp3) is 0.406. The van der Waals surface area contributed by atoms with Gasteiger partial charge in [0.05, 0.1) is 76.8 Å². The van der Waals surface area contributed by atoms with E-state index in [9.17, 15) is 66.3 Å². The Kier molecular flexibility index (Phi) is 33.3. The first-order valence-corrected chi connectivity index (χ1v) is 37.0. The molecular formula is C64H77N3Na3O19PS4+2. The van der Waals surface area contributed by atoms with Crippen molar-refractivity contribution < 1.29 is 178 Å². The predicted octanol–water partition coefficient (Wildman–Crippen LogP) is -2.02. The molecule has 2 aliphatic heterocycles. The molecule has 2 atom stereocenters. The summed E-state index contributed by atoms with van der Waals surface area (Å²) in [4.78, 5) is 41.0. The molecule has 0 radical (unpaired) electrons. The van der Waals surface area contributed by atoms with Gasteiger partial charge in [-0.2, -0.15) is 21.4 Å². The molecule has 0 saturated heterocycles. The van der Waals surface area contributed by atoms with E-state index >= 15 is 0 Å². The van der Waals surface area contributed by atoms with Crippen LogP contribution >= 0.6 is 7.92 Å². The number of fused-ring (bicyclic) bond motifs is 2. The van der Waals surface area contributed by atoms with Gasteiger partial charge < -0.3 is 38.3 Å². The zero-order valence-electron chi connectivity index (χ0n) is 54.2. The van der Waals surface area contributed by atoms with E-state index in [0.29, 0.717) is 89.2 Å². The summed E-state index contributed by atoms with van der Waals surface area (Å²) in [7, 11) is -17.3. The standard InChI is InChI=1S/C64H78N3O19PS4.3Na/c1-63(32-16-42-88(71,72)73)54-45-51(90(77,78)79)27-30-56(54)66(59(63)24-14-25-60-64(2,33-17-43-89(74,75)76)55-46-52(91(80,81)82)28-31-57(55)67(60)36-37-85-40-41-86-39-38-83-3)35-13-7-8-18-48(68)19-15-34-65-61(69)47-26-29-53(62(70)84-4)58(44-47)87(49-20-9-5-10-21-49)50-22-11-6-12-23-50;;;/h5-6,9-12,14,20-31,44-46H,7-8,13,15-19,32-43H2,1-4H3,(H4-,65,69,71,72,73,74,75,76,77,78,79,80,81,82);;;/q;3*+1/p-1. The summed E-state index contributed by atoms with van der Waals surface area (Å²) in [5, 5.41) is 5.51. The number of Topliss-reactive ketones (excluding diaryl/α,β-unsaturated/α-hetero) is 1. The zero-order chi connectivity index (χ0) is 66.2. The van der Waals surface area contributed by atoms with Crippen molar-refractivity contribution >= 4 is 99.1 Å². The van der Waals surface area contributed by atoms with Crippen LogP contribution < -0.4 is 115 Å². The van der Waals surface area contributed by atoms with Gasteiger partial charge in [0.2, 0.25) is 5.69 Å². The minimum Gasteiger partial charge on any atom is -0.748 e. The number of methoxy groups -OCH3 is 2. The van der Waals surface area contributed by atoms with Crippen LogP contribution in [0.1, 0.15) is 110 Å². The van der Waals surface area contributed by atoms with E-state index in [1.165, 1.54) is 43.5 Å². The van der Waals surface area contributed by atoms with Crippen LogP contribution in [0, 0.1) is 0 Å². The third-order valence-electron chi connectivity index (χ3n) is 16.1. The van der Waals surface area contributed by atoms with Gasteiger partial charge in [0, 0.05) is 90.6 Å². The number of nitrogens with zero attached hydrogens (tertiary/aromatic N) is 2. The Morgan fingerprint density at radius 3 is 1.86 bits per heavy atom. The summed E-state index contributed by atoms with van der Waals surface area (Å²) in [6, 6.07) is 32.3. The summed E-state index contributed by atoms with van der Waals surface area (Å²) < 4.78 is 167. The van der Waals surface area contributed by atoms with E-state index in [1.54, 1.807) is 57.4 Å². The Labute approximate surface area is 619 Å². The molecule has 0 bridgehead atoms. The first-order chi connectivity index (χ1) is 43.1. The summed E-state index contributed by atoms with van der Waals surface area (Å²) in [5.74, 6) is -2.32. The first-order valence-electron chi connectivity index (χ1n) is 29.6. The van der Waals surface area contributed by atoms with E-state index in [2.05, 4.69) is 5.32 Å². The van der Waals surface area contributed by atoms with Crippen molar-refractivity contribution in [3.05, 3.63) is 161 Å². The largest absolute Gasteiger partial charge is 1.00 e. The van der Waals surface area contributed by atoms with Crippen molar-refractivity contribution in [1.82, 2.24) is 5.32 Å². The third kappa shape index (κ3) is 22.8. The molecule has 492 valence electrons. The maximum absolute atomic E-state index is 13.7. The Morgan fingerprint density at radius 2 is 1.26 bits per heavy atom. The Hall–Kier alpha value is -3.39. The average molecular weight is 1420 g/mol. The van der Waals surface area contributed by atoms with Gasteiger partial charge >= 0.3 is 94.6 Å². The Bertz CT molecular complexity index is 3960. The molecule has 0 aromatic heterocycles. The quantitative estimate of drug-likeness (QED) is 0.00973. The van der Waals surface area contributed by atoms with Crippen LogP contribution in [0.3, 0.4) is 0 Å². The second-order valence-electron chi connectivity index (χ2n) is 22.5. The number of hydrogen-bond acceptors (Lipinski definition) is 18. The second-order valence-corrected chi connectivity index (χ2v) is 30.5. The van der Waals surface area contributed by atoms with Crippen molar-refractivity contribution in [2.24, 2.45) is 0 Å². The number of allylic oxidation sites excluding steroid dienone is 4. The first kappa shape index (κ1) is 83.0. The van der Waals surface area contributed by atoms with Crippen molar-refractivity contribution in [3.63, 3.8) is 0 Å². The molecule has 3 N–H and O–H groups in total. The van der Waals surface area contributed by atoms with Crippen LogP contribution in [0.25, 0.3) is 0 Å². The summed E-state index contributed by atoms with van der Waals surface area (Å²) in [6.07, 6.45) is 7.18. The zero-order valence-corrected chi connectivity index (χ0v) is 64.3. The number of unbranched alkanes of at least 4 members (excludes halogenated alkanes) is 2. The molecule has 2 heterocycles. The molecule has 0 aliphatic carbocycles. The molecule has 2 unspecified atom stereocenters. The topological polar surface area (TPSA) is 330 Å². The minimum absolute atomic E-state index is 0. The summed E-state index contributed by atoms with van der Waals surface area (Å²) in [5.41, 5.74) is 1.09. The molecule has 2 aliphatic rings. The summed E-state index contributed by atoms with van der Waals surface area (Å²) in [6.45, 7) is 5.47. The second kappa shape index (κ2) is 37.7. The number of esters is 1. The average Bonchev–Trinajstić information content (AvgIpc) is 1.59. The van der Waals surface area contributed by atoms with Crippen molar-refractivity contribution in [1.29, 1.82) is 0 Å². The number of ether oxygens (including phenoxy) is 4. The molecule has 5 aromatic carbocycles. The minimum atomic E-state index is -5.01. The molecule has 0 spiro atoms. The number of benzene rings is 5. The fourth-order valence-corrected chi connectivity index (χ4v) is 16.1. The van der Waals surface area contributed by atoms with Crippen LogP contribution in [-0.2, 0) is 75.0 Å². The van der Waals surface area contributed by atoms with E-state index in [0.717, 1.165) is 10.6 Å². The maximum Gasteiger partial charge on any atom is 1.00 e. The number of amides is 1. The molecular weight excluding hydrogens is 1340 g/mol. The van der Waals surface area contributed by atoms with Crippen molar-refractivity contribution in [2.75, 3.05) is 83.3 Å². The monoisotopic (exact) mass is 1420 g/mol. The Balaban J connectivity index is 0.00000627. The van der Waals surface area contributed by atoms with Crippen molar-refractivity contribution in [2.45, 2.75) is 98.7 Å². The van der Waals surface area contributed by atoms with Crippen LogP contribution in [0.4, 0.5) is 11.4 Å². The molecule has 5 aromatic rings. The number of anilines is 1. The van der Waals surface area contributed by atoms with E-state index < -0.39 is 86.5 Å². The van der Waals surface area contributed by atoms with Gasteiger partial charge in [-0.15, -0.1) is 0 Å². The number of ketones is 1. The summed E-state index contributed by atoms with van der Waals surface area (Å²) >= 11 is 0. The molecule has 0 fully saturated rings. The SMILES string of the molecule is COCCOCCOCCN1C(=CC=CC2=[N+](CCCCCC(=O)CCCNC(=O)c3ccc(C(=O)OC)c(P(c4ccccc4)c4ccccc4)c3)c3ccc(S(=O)(=O)[O-])cc3C2(C)CCCS(=O)(=O)[O-])C(C)(CCCS(=O)(=O)O)c2cc(S(=O)(=O)O)ccc21.[Na+].[Na+].[Na+]. The number of rotatable bonds is 36. The van der Waals surface area contributed by atoms with Crippen LogP contribution in [0.15, 0.2) is 149 Å². The van der Waals surface area contributed by atoms with Crippen LogP contribution in [0.5, 0.6) is 0 Å². The smallest absolute Gasteiger partial charge is 0.748 e. The van der Waals surface area contributed by atoms with E-state index in [-0.39, 0.29) is 178 Å². The molecule has 94 heavy (non-hydrogen) atoms. The van der Waals surface area contributed by atoms with Crippen LogP contribution in [-0.4, -0.2) is 158 Å². The maximum atomic E-state index is 13.7. The van der Waals surface area contributed by atoms with Gasteiger partial charge in [-0.1, -0.05) is 66.7 Å². The normalized spacial score (nSPS) is 16.7. The third-order valence-corrected chi connectivity index (χ3v) is 21.9. The predicted molar refractivity (Wildman–Crippen MR) is 344 cm³/mol. The van der Waals surface area contributed by atoms with Gasteiger partial charge in [0.15, 0.2) is 5.71 Å². The number of nitrogens with one attached hydrogen (secondary N) is 1. The number of carbonyl (C=O) groups is 3. The van der Waals surface area contributed by atoms with Gasteiger partial charge in [-0.3, -0.25) is 18.7 Å². The van der Waals surface area contributed by atoms with Gasteiger partial charge in [-0.25, -0.2) is 21.6 Å².